The van der Waals surface area contributed by atoms with Crippen LogP contribution in [-0.2, 0) is 4.79 Å². The molecule has 0 saturated carbocycles. The lowest BCUT2D eigenvalue weighted by Crippen LogP contribution is -2.23. The average Bonchev–Trinajstić information content (AvgIpc) is 3.00. The molecule has 2 rings (SSSR count). The van der Waals surface area contributed by atoms with Crippen LogP contribution in [0.15, 0.2) is 29.1 Å². The summed E-state index contributed by atoms with van der Waals surface area (Å²) >= 11 is 2.37. The molecule has 1 aromatic carbocycles. The molecule has 24 heavy (non-hydrogen) atoms. The molecule has 1 amide bonds. The molecule has 0 saturated heterocycles. The van der Waals surface area contributed by atoms with E-state index in [1.54, 1.807) is 13.0 Å². The maximum atomic E-state index is 13.6. The van der Waals surface area contributed by atoms with Crippen LogP contribution >= 0.6 is 23.1 Å². The van der Waals surface area contributed by atoms with E-state index in [2.05, 4.69) is 27.4 Å². The zero-order chi connectivity index (χ0) is 17.7. The number of aromatic nitrogens is 2. The Morgan fingerprint density at radius 1 is 1.38 bits per heavy atom. The molecule has 5 nitrogen and oxygen atoms in total. The van der Waals surface area contributed by atoms with E-state index in [-0.39, 0.29) is 0 Å². The molecule has 0 fully saturated rings. The first-order chi connectivity index (χ1) is 11.4. The van der Waals surface area contributed by atoms with Crippen molar-refractivity contribution in [3.8, 4) is 0 Å². The lowest BCUT2D eigenvalue weighted by molar-refractivity contribution is -0.115. The molecule has 0 spiro atoms. The van der Waals surface area contributed by atoms with Crippen molar-refractivity contribution in [2.24, 2.45) is 0 Å². The lowest BCUT2D eigenvalue weighted by Gasteiger charge is -2.11. The third kappa shape index (κ3) is 4.48. The van der Waals surface area contributed by atoms with Gasteiger partial charge in [-0.05, 0) is 19.1 Å². The van der Waals surface area contributed by atoms with E-state index < -0.39 is 34.3 Å². The lowest BCUT2D eigenvalue weighted by atomic mass is 10.2. The number of hydrogen-bond acceptors (Lipinski definition) is 6. The molecule has 2 aromatic rings. The number of amides is 1. The predicted molar refractivity (Wildman–Crippen MR) is 88.9 cm³/mol. The second kappa shape index (κ2) is 8.15. The molecule has 0 aliphatic rings. The number of nitrogens with zero attached hydrogens (tertiary/aromatic N) is 2. The van der Waals surface area contributed by atoms with Gasteiger partial charge < -0.3 is 10.6 Å². The zero-order valence-corrected chi connectivity index (χ0v) is 14.1. The van der Waals surface area contributed by atoms with Crippen molar-refractivity contribution >= 4 is 39.8 Å². The Kier molecular flexibility index (Phi) is 6.21. The fourth-order valence-corrected chi connectivity index (χ4v) is 3.45. The Morgan fingerprint density at radius 3 is 2.83 bits per heavy atom. The van der Waals surface area contributed by atoms with Crippen LogP contribution in [0, 0.1) is 17.5 Å². The highest BCUT2D eigenvalue weighted by molar-refractivity contribution is 8.02. The summed E-state index contributed by atoms with van der Waals surface area (Å²) in [6.07, 6.45) is 1.67. The van der Waals surface area contributed by atoms with Gasteiger partial charge in [0.25, 0.3) is 0 Å². The number of anilines is 2. The van der Waals surface area contributed by atoms with Crippen LogP contribution in [0.1, 0.15) is 6.92 Å². The Bertz CT molecular complexity index is 754. The molecule has 128 valence electrons. The van der Waals surface area contributed by atoms with E-state index >= 15 is 0 Å². The van der Waals surface area contributed by atoms with Crippen molar-refractivity contribution in [3.05, 3.63) is 42.2 Å². The third-order valence-electron chi connectivity index (χ3n) is 2.74. The van der Waals surface area contributed by atoms with Crippen molar-refractivity contribution in [2.45, 2.75) is 16.5 Å². The normalized spacial score (nSPS) is 11.8. The second-order valence-corrected chi connectivity index (χ2v) is 7.08. The largest absolute Gasteiger partial charge is 0.357 e. The number of benzene rings is 1. The minimum absolute atomic E-state index is 0.419. The Hall–Kier alpha value is -2.07. The van der Waals surface area contributed by atoms with E-state index in [1.165, 1.54) is 11.3 Å². The highest BCUT2D eigenvalue weighted by atomic mass is 32.2. The van der Waals surface area contributed by atoms with Crippen molar-refractivity contribution in [3.63, 3.8) is 0 Å². The van der Waals surface area contributed by atoms with Gasteiger partial charge in [-0.15, -0.1) is 16.8 Å². The monoisotopic (exact) mass is 374 g/mol. The maximum absolute atomic E-state index is 13.6. The number of halogens is 3. The molecule has 2 N–H and O–H groups in total. The highest BCUT2D eigenvalue weighted by Gasteiger charge is 2.20. The summed E-state index contributed by atoms with van der Waals surface area (Å²) in [6.45, 7) is 5.68. The van der Waals surface area contributed by atoms with E-state index in [1.807, 2.05) is 0 Å². The molecule has 1 heterocycles. The number of hydrogen-bond donors (Lipinski definition) is 2. The van der Waals surface area contributed by atoms with Crippen LogP contribution < -0.4 is 10.6 Å². The van der Waals surface area contributed by atoms with Crippen molar-refractivity contribution in [2.75, 3.05) is 17.2 Å². The van der Waals surface area contributed by atoms with Gasteiger partial charge >= 0.3 is 0 Å². The molecule has 0 aliphatic heterocycles. The first-order valence-electron chi connectivity index (χ1n) is 6.71. The number of carbonyl (C=O) groups excluding carboxylic acids is 1. The molecule has 0 bridgehead atoms. The van der Waals surface area contributed by atoms with Crippen molar-refractivity contribution in [1.82, 2.24) is 10.2 Å². The van der Waals surface area contributed by atoms with Crippen LogP contribution in [0.5, 0.6) is 0 Å². The van der Waals surface area contributed by atoms with Gasteiger partial charge in [-0.2, -0.15) is 0 Å². The first kappa shape index (κ1) is 18.3. The van der Waals surface area contributed by atoms with Crippen molar-refractivity contribution in [1.29, 1.82) is 0 Å². The van der Waals surface area contributed by atoms with Gasteiger partial charge in [-0.1, -0.05) is 29.2 Å². The van der Waals surface area contributed by atoms with Crippen LogP contribution in [-0.4, -0.2) is 27.9 Å². The summed E-state index contributed by atoms with van der Waals surface area (Å²) in [7, 11) is 0. The number of nitrogens with one attached hydrogen (secondary N) is 2. The minimum atomic E-state index is -1.63. The van der Waals surface area contributed by atoms with Gasteiger partial charge in [-0.3, -0.25) is 4.79 Å². The quantitative estimate of drug-likeness (QED) is 0.440. The summed E-state index contributed by atoms with van der Waals surface area (Å²) in [5.74, 6) is -4.95. The molecule has 10 heteroatoms. The molecular formula is C14H13F3N4OS2. The van der Waals surface area contributed by atoms with Crippen LogP contribution in [0.2, 0.25) is 0 Å². The molecule has 0 radical (unpaired) electrons. The molecular weight excluding hydrogens is 361 g/mol. The van der Waals surface area contributed by atoms with E-state index in [9.17, 15) is 18.0 Å². The van der Waals surface area contributed by atoms with E-state index in [0.29, 0.717) is 16.0 Å². The number of thioether (sulfide) groups is 1. The average molecular weight is 374 g/mol. The second-order valence-electron chi connectivity index (χ2n) is 4.51. The van der Waals surface area contributed by atoms with Gasteiger partial charge in [-0.25, -0.2) is 13.2 Å². The molecule has 1 atom stereocenters. The zero-order valence-electron chi connectivity index (χ0n) is 12.5. The molecule has 0 unspecified atom stereocenters. The highest BCUT2D eigenvalue weighted by Crippen LogP contribution is 2.29. The number of carbonyl (C=O) groups is 1. The SMILES string of the molecule is C=CCNc1nnc(S[C@@H](C)C(=O)Nc2ccc(F)c(F)c2F)s1. The standard InChI is InChI=1S/C14H13F3N4OS2/c1-3-6-18-13-20-21-14(24-13)23-7(2)12(22)19-9-5-4-8(15)10(16)11(9)17/h3-5,7H,1,6H2,2H3,(H,18,20)(H,19,22)/t7-/m0/s1. The first-order valence-corrected chi connectivity index (χ1v) is 8.41. The Labute approximate surface area is 144 Å². The van der Waals surface area contributed by atoms with Crippen LogP contribution in [0.3, 0.4) is 0 Å². The van der Waals surface area contributed by atoms with Gasteiger partial charge in [0.2, 0.25) is 11.0 Å². The summed E-state index contributed by atoms with van der Waals surface area (Å²) in [4.78, 5) is 12.1. The summed E-state index contributed by atoms with van der Waals surface area (Å²) in [6, 6.07) is 1.71. The fourth-order valence-electron chi connectivity index (χ4n) is 1.55. The minimum Gasteiger partial charge on any atom is -0.357 e. The van der Waals surface area contributed by atoms with Gasteiger partial charge in [0, 0.05) is 6.54 Å². The topological polar surface area (TPSA) is 66.9 Å². The summed E-state index contributed by atoms with van der Waals surface area (Å²) < 4.78 is 40.1. The molecule has 1 aromatic heterocycles. The Morgan fingerprint density at radius 2 is 2.12 bits per heavy atom. The fraction of sp³-hybridized carbons (Fsp3) is 0.214. The van der Waals surface area contributed by atoms with Crippen molar-refractivity contribution < 1.29 is 18.0 Å². The van der Waals surface area contributed by atoms with Gasteiger partial charge in [0.1, 0.15) is 0 Å². The molecule has 0 aliphatic carbocycles. The third-order valence-corrected chi connectivity index (χ3v) is 4.81. The predicted octanol–water partition coefficient (Wildman–Crippen LogP) is 3.67. The smallest absolute Gasteiger partial charge is 0.237 e. The van der Waals surface area contributed by atoms with Crippen LogP contribution in [0.4, 0.5) is 24.0 Å². The number of rotatable bonds is 7. The van der Waals surface area contributed by atoms with Crippen LogP contribution in [0.25, 0.3) is 0 Å². The van der Waals surface area contributed by atoms with Gasteiger partial charge in [0.15, 0.2) is 21.8 Å². The maximum Gasteiger partial charge on any atom is 0.237 e. The van der Waals surface area contributed by atoms with E-state index in [0.717, 1.165) is 23.9 Å². The van der Waals surface area contributed by atoms with E-state index in [4.69, 9.17) is 0 Å². The summed E-state index contributed by atoms with van der Waals surface area (Å²) in [5.41, 5.74) is -0.419. The van der Waals surface area contributed by atoms with Gasteiger partial charge in [0.05, 0.1) is 10.9 Å². The summed E-state index contributed by atoms with van der Waals surface area (Å²) in [5, 5.41) is 12.9. The Balaban J connectivity index is 1.98.